The summed E-state index contributed by atoms with van der Waals surface area (Å²) in [6, 6.07) is 4.52. The van der Waals surface area contributed by atoms with Crippen molar-refractivity contribution in [1.29, 1.82) is 0 Å². The minimum absolute atomic E-state index is 0.927. The largest absolute Gasteiger partial charge is 0.361 e. The van der Waals surface area contributed by atoms with E-state index < -0.39 is 0 Å². The van der Waals surface area contributed by atoms with E-state index in [9.17, 15) is 0 Å². The standard InChI is InChI=1S/C15H24IN3S/c1-13-2-3-15(20-13)18-10-8-17(9-11-18)12-14-4-6-19(16)7-5-14/h2-3,14H,4-12H2,1H3. The summed E-state index contributed by atoms with van der Waals surface area (Å²) < 4.78 is 2.44. The average Bonchev–Trinajstić information content (AvgIpc) is 2.89. The monoisotopic (exact) mass is 405 g/mol. The van der Waals surface area contributed by atoms with Gasteiger partial charge in [0.25, 0.3) is 0 Å². The van der Waals surface area contributed by atoms with Crippen LogP contribution >= 0.6 is 34.2 Å². The van der Waals surface area contributed by atoms with Gasteiger partial charge in [-0.1, -0.05) is 0 Å². The molecule has 0 N–H and O–H groups in total. The first kappa shape index (κ1) is 15.1. The second-order valence-electron chi connectivity index (χ2n) is 6.03. The first-order valence-electron chi connectivity index (χ1n) is 7.65. The zero-order valence-corrected chi connectivity index (χ0v) is 15.2. The number of anilines is 1. The van der Waals surface area contributed by atoms with Gasteiger partial charge in [0.2, 0.25) is 0 Å². The predicted octanol–water partition coefficient (Wildman–Crippen LogP) is 3.24. The molecule has 0 saturated carbocycles. The first-order chi connectivity index (χ1) is 9.70. The number of nitrogens with zero attached hydrogens (tertiary/aromatic N) is 3. The second kappa shape index (κ2) is 6.94. The van der Waals surface area contributed by atoms with Crippen molar-refractivity contribution in [3.8, 4) is 0 Å². The lowest BCUT2D eigenvalue weighted by Crippen LogP contribution is -2.48. The number of rotatable bonds is 3. The normalized spacial score (nSPS) is 23.4. The smallest absolute Gasteiger partial charge is 0.0912 e. The average molecular weight is 405 g/mol. The van der Waals surface area contributed by atoms with E-state index in [-0.39, 0.29) is 0 Å². The molecule has 112 valence electrons. The summed E-state index contributed by atoms with van der Waals surface area (Å²) in [5.74, 6) is 0.927. The Morgan fingerprint density at radius 3 is 2.40 bits per heavy atom. The number of hydrogen-bond donors (Lipinski definition) is 0. The maximum atomic E-state index is 2.69. The Hall–Kier alpha value is 0.150. The van der Waals surface area contributed by atoms with E-state index >= 15 is 0 Å². The fourth-order valence-corrected chi connectivity index (χ4v) is 4.66. The van der Waals surface area contributed by atoms with Crippen molar-refractivity contribution in [3.05, 3.63) is 17.0 Å². The van der Waals surface area contributed by atoms with Gasteiger partial charge in [-0.05, 0) is 37.8 Å². The Balaban J connectivity index is 1.44. The lowest BCUT2D eigenvalue weighted by molar-refractivity contribution is 0.184. The Morgan fingerprint density at radius 2 is 1.80 bits per heavy atom. The summed E-state index contributed by atoms with van der Waals surface area (Å²) in [5.41, 5.74) is 0. The van der Waals surface area contributed by atoms with Crippen molar-refractivity contribution in [3.63, 3.8) is 0 Å². The molecule has 0 atom stereocenters. The molecule has 0 amide bonds. The van der Waals surface area contributed by atoms with Gasteiger partial charge in [0, 0.05) is 73.6 Å². The van der Waals surface area contributed by atoms with Gasteiger partial charge in [-0.25, -0.2) is 3.11 Å². The van der Waals surface area contributed by atoms with Crippen LogP contribution in [0.3, 0.4) is 0 Å². The molecule has 2 aliphatic rings. The van der Waals surface area contributed by atoms with Crippen molar-refractivity contribution in [2.24, 2.45) is 5.92 Å². The van der Waals surface area contributed by atoms with Gasteiger partial charge in [0.1, 0.15) is 0 Å². The molecule has 3 heterocycles. The van der Waals surface area contributed by atoms with Gasteiger partial charge in [0.15, 0.2) is 0 Å². The molecule has 3 nitrogen and oxygen atoms in total. The summed E-state index contributed by atoms with van der Waals surface area (Å²) in [6.45, 7) is 10.9. The number of thiophene rings is 1. The van der Waals surface area contributed by atoms with Crippen LogP contribution < -0.4 is 4.90 Å². The molecule has 2 saturated heterocycles. The molecule has 20 heavy (non-hydrogen) atoms. The summed E-state index contributed by atoms with van der Waals surface area (Å²) in [4.78, 5) is 6.67. The highest BCUT2D eigenvalue weighted by molar-refractivity contribution is 14.1. The molecule has 5 heteroatoms. The van der Waals surface area contributed by atoms with Gasteiger partial charge in [0.05, 0.1) is 5.00 Å². The van der Waals surface area contributed by atoms with Crippen LogP contribution in [0.4, 0.5) is 5.00 Å². The van der Waals surface area contributed by atoms with E-state index in [0.29, 0.717) is 0 Å². The number of piperidine rings is 1. The minimum Gasteiger partial charge on any atom is -0.361 e. The molecular weight excluding hydrogens is 381 g/mol. The molecule has 0 aromatic carbocycles. The van der Waals surface area contributed by atoms with Gasteiger partial charge in [-0.15, -0.1) is 11.3 Å². The highest BCUT2D eigenvalue weighted by Crippen LogP contribution is 2.27. The molecular formula is C15H24IN3S. The van der Waals surface area contributed by atoms with Crippen molar-refractivity contribution < 1.29 is 0 Å². The van der Waals surface area contributed by atoms with Gasteiger partial charge in [-0.3, -0.25) is 4.90 Å². The fraction of sp³-hybridized carbons (Fsp3) is 0.733. The van der Waals surface area contributed by atoms with Crippen LogP contribution in [-0.2, 0) is 0 Å². The van der Waals surface area contributed by atoms with Crippen LogP contribution in [0, 0.1) is 12.8 Å². The maximum absolute atomic E-state index is 2.69. The summed E-state index contributed by atoms with van der Waals surface area (Å²) in [5, 5.41) is 1.46. The number of piperazine rings is 1. The summed E-state index contributed by atoms with van der Waals surface area (Å²) in [7, 11) is 0. The van der Waals surface area contributed by atoms with E-state index in [1.165, 1.54) is 68.5 Å². The summed E-state index contributed by atoms with van der Waals surface area (Å²) >= 11 is 4.40. The highest BCUT2D eigenvalue weighted by atomic mass is 127. The third-order valence-corrected chi connectivity index (χ3v) is 6.51. The van der Waals surface area contributed by atoms with Gasteiger partial charge in [-0.2, -0.15) is 0 Å². The zero-order chi connectivity index (χ0) is 13.9. The lowest BCUT2D eigenvalue weighted by Gasteiger charge is -2.38. The number of hydrogen-bond acceptors (Lipinski definition) is 4. The molecule has 0 bridgehead atoms. The quantitative estimate of drug-likeness (QED) is 0.565. The second-order valence-corrected chi connectivity index (χ2v) is 8.66. The highest BCUT2D eigenvalue weighted by Gasteiger charge is 2.23. The van der Waals surface area contributed by atoms with E-state index in [4.69, 9.17) is 0 Å². The SMILES string of the molecule is Cc1ccc(N2CCN(CC3CCN(I)CC3)CC2)s1. The van der Waals surface area contributed by atoms with Crippen LogP contribution in [0.1, 0.15) is 17.7 Å². The number of aryl methyl sites for hydroxylation is 1. The van der Waals surface area contributed by atoms with Crippen LogP contribution in [0.15, 0.2) is 12.1 Å². The molecule has 2 fully saturated rings. The van der Waals surface area contributed by atoms with Crippen LogP contribution in [0.5, 0.6) is 0 Å². The zero-order valence-electron chi connectivity index (χ0n) is 12.2. The van der Waals surface area contributed by atoms with Crippen LogP contribution in [-0.4, -0.2) is 53.8 Å². The molecule has 0 radical (unpaired) electrons. The molecule has 2 aliphatic heterocycles. The van der Waals surface area contributed by atoms with Crippen molar-refractivity contribution in [1.82, 2.24) is 8.01 Å². The molecule has 0 aliphatic carbocycles. The predicted molar refractivity (Wildman–Crippen MR) is 96.0 cm³/mol. The fourth-order valence-electron chi connectivity index (χ4n) is 3.19. The Kier molecular flexibility index (Phi) is 5.23. The Morgan fingerprint density at radius 1 is 1.10 bits per heavy atom. The van der Waals surface area contributed by atoms with Crippen molar-refractivity contribution in [2.75, 3.05) is 50.7 Å². The van der Waals surface area contributed by atoms with Crippen molar-refractivity contribution in [2.45, 2.75) is 19.8 Å². The molecule has 3 rings (SSSR count). The third kappa shape index (κ3) is 3.87. The van der Waals surface area contributed by atoms with E-state index in [0.717, 1.165) is 5.92 Å². The Labute approximate surface area is 140 Å². The van der Waals surface area contributed by atoms with E-state index in [1.807, 2.05) is 11.3 Å². The van der Waals surface area contributed by atoms with Gasteiger partial charge < -0.3 is 4.90 Å². The third-order valence-electron chi connectivity index (χ3n) is 4.49. The summed E-state index contributed by atoms with van der Waals surface area (Å²) in [6.07, 6.45) is 2.76. The van der Waals surface area contributed by atoms with Crippen LogP contribution in [0.2, 0.25) is 0 Å². The molecule has 1 aromatic heterocycles. The minimum atomic E-state index is 0.927. The number of halogens is 1. The maximum Gasteiger partial charge on any atom is 0.0912 e. The molecule has 0 unspecified atom stereocenters. The van der Waals surface area contributed by atoms with E-state index in [2.05, 4.69) is 54.8 Å². The lowest BCUT2D eigenvalue weighted by atomic mass is 9.97. The Bertz CT molecular complexity index is 421. The van der Waals surface area contributed by atoms with Gasteiger partial charge >= 0.3 is 0 Å². The molecule has 1 aromatic rings. The van der Waals surface area contributed by atoms with E-state index in [1.54, 1.807) is 0 Å². The topological polar surface area (TPSA) is 9.72 Å². The van der Waals surface area contributed by atoms with Crippen LogP contribution in [0.25, 0.3) is 0 Å². The first-order valence-corrected chi connectivity index (χ1v) is 9.43. The van der Waals surface area contributed by atoms with Crippen molar-refractivity contribution >= 4 is 39.2 Å². The molecule has 0 spiro atoms.